The maximum absolute atomic E-state index is 12.1. The molecule has 5 heteroatoms. The fourth-order valence-corrected chi connectivity index (χ4v) is 3.74. The van der Waals surface area contributed by atoms with Crippen LogP contribution in [0.25, 0.3) is 0 Å². The summed E-state index contributed by atoms with van der Waals surface area (Å²) >= 11 is 11.9. The van der Waals surface area contributed by atoms with Gasteiger partial charge in [0, 0.05) is 16.8 Å². The SMILES string of the molecule is CCNC(C)CCCCS(=O)c1cc(Cl)ccc1Cl. The standard InChI is InChI=1S/C14H21Cl2NOS/c1-3-17-11(2)6-4-5-9-19(18)14-10-12(15)7-8-13(14)16/h7-8,10-11,17H,3-6,9H2,1-2H3. The Hall–Kier alpha value is -0.0900. The summed E-state index contributed by atoms with van der Waals surface area (Å²) in [5, 5.41) is 4.48. The second-order valence-electron chi connectivity index (χ2n) is 4.58. The van der Waals surface area contributed by atoms with Gasteiger partial charge in [-0.05, 0) is 44.5 Å². The van der Waals surface area contributed by atoms with Gasteiger partial charge >= 0.3 is 0 Å². The number of unbranched alkanes of at least 4 members (excludes halogenated alkanes) is 1. The highest BCUT2D eigenvalue weighted by molar-refractivity contribution is 7.85. The Morgan fingerprint density at radius 2 is 2.05 bits per heavy atom. The summed E-state index contributed by atoms with van der Waals surface area (Å²) in [5.74, 6) is 0.638. The molecule has 0 fully saturated rings. The van der Waals surface area contributed by atoms with Gasteiger partial charge in [0.15, 0.2) is 0 Å². The topological polar surface area (TPSA) is 29.1 Å². The van der Waals surface area contributed by atoms with Crippen LogP contribution < -0.4 is 5.32 Å². The van der Waals surface area contributed by atoms with Crippen molar-refractivity contribution in [2.24, 2.45) is 0 Å². The number of rotatable bonds is 8. The number of hydrogen-bond acceptors (Lipinski definition) is 2. The molecule has 0 aliphatic rings. The molecule has 108 valence electrons. The summed E-state index contributed by atoms with van der Waals surface area (Å²) in [6, 6.07) is 5.63. The molecule has 1 aromatic rings. The Labute approximate surface area is 128 Å². The Kier molecular flexibility index (Phi) is 8.00. The van der Waals surface area contributed by atoms with Crippen LogP contribution in [0.5, 0.6) is 0 Å². The van der Waals surface area contributed by atoms with Gasteiger partial charge < -0.3 is 5.32 Å². The Balaban J connectivity index is 2.37. The fourth-order valence-electron chi connectivity index (χ4n) is 1.90. The third kappa shape index (κ3) is 6.26. The summed E-state index contributed by atoms with van der Waals surface area (Å²) in [5.41, 5.74) is 0. The van der Waals surface area contributed by atoms with E-state index in [1.165, 1.54) is 0 Å². The molecule has 0 radical (unpaired) electrons. The second-order valence-corrected chi connectivity index (χ2v) is 6.96. The Morgan fingerprint density at radius 3 is 2.74 bits per heavy atom. The molecule has 0 bridgehead atoms. The first-order valence-electron chi connectivity index (χ1n) is 6.61. The average molecular weight is 322 g/mol. The fraction of sp³-hybridized carbons (Fsp3) is 0.571. The Bertz CT molecular complexity index is 426. The molecule has 0 aliphatic heterocycles. The minimum atomic E-state index is -1.06. The molecular formula is C14H21Cl2NOS. The van der Waals surface area contributed by atoms with Crippen molar-refractivity contribution in [2.45, 2.75) is 44.0 Å². The first-order chi connectivity index (χ1) is 9.04. The summed E-state index contributed by atoms with van der Waals surface area (Å²) in [4.78, 5) is 0.647. The van der Waals surface area contributed by atoms with E-state index in [0.29, 0.717) is 26.7 Å². The van der Waals surface area contributed by atoms with Crippen molar-refractivity contribution in [1.29, 1.82) is 0 Å². The van der Waals surface area contributed by atoms with Crippen LogP contribution in [0.4, 0.5) is 0 Å². The van der Waals surface area contributed by atoms with E-state index < -0.39 is 10.8 Å². The minimum absolute atomic E-state index is 0.521. The van der Waals surface area contributed by atoms with Crippen LogP contribution in [0, 0.1) is 0 Å². The molecular weight excluding hydrogens is 301 g/mol. The number of halogens is 2. The van der Waals surface area contributed by atoms with Crippen molar-refractivity contribution in [3.05, 3.63) is 28.2 Å². The van der Waals surface area contributed by atoms with Crippen molar-refractivity contribution in [3.8, 4) is 0 Å². The third-order valence-electron chi connectivity index (χ3n) is 2.91. The van der Waals surface area contributed by atoms with Crippen LogP contribution in [0.2, 0.25) is 10.0 Å². The van der Waals surface area contributed by atoms with Gasteiger partial charge in [-0.25, -0.2) is 0 Å². The molecule has 19 heavy (non-hydrogen) atoms. The summed E-state index contributed by atoms with van der Waals surface area (Å²) in [6.45, 7) is 5.27. The normalized spacial score (nSPS) is 14.3. The van der Waals surface area contributed by atoms with E-state index in [1.807, 2.05) is 0 Å². The van der Waals surface area contributed by atoms with Crippen LogP contribution in [0.15, 0.2) is 23.1 Å². The van der Waals surface area contributed by atoms with Crippen LogP contribution in [0.3, 0.4) is 0 Å². The third-order valence-corrected chi connectivity index (χ3v) is 5.07. The summed E-state index contributed by atoms with van der Waals surface area (Å²) < 4.78 is 12.1. The van der Waals surface area contributed by atoms with Crippen LogP contribution >= 0.6 is 23.2 Å². The molecule has 0 amide bonds. The highest BCUT2D eigenvalue weighted by Crippen LogP contribution is 2.24. The van der Waals surface area contributed by atoms with Crippen molar-refractivity contribution in [2.75, 3.05) is 12.3 Å². The average Bonchev–Trinajstić information content (AvgIpc) is 2.37. The summed E-state index contributed by atoms with van der Waals surface area (Å²) in [6.07, 6.45) is 3.11. The van der Waals surface area contributed by atoms with E-state index in [2.05, 4.69) is 19.2 Å². The van der Waals surface area contributed by atoms with Crippen molar-refractivity contribution in [1.82, 2.24) is 5.32 Å². The molecule has 1 rings (SSSR count). The van der Waals surface area contributed by atoms with Crippen LogP contribution in [-0.2, 0) is 10.8 Å². The molecule has 0 saturated carbocycles. The maximum Gasteiger partial charge on any atom is 0.0589 e. The highest BCUT2D eigenvalue weighted by atomic mass is 35.5. The largest absolute Gasteiger partial charge is 0.315 e. The quantitative estimate of drug-likeness (QED) is 0.724. The highest BCUT2D eigenvalue weighted by Gasteiger charge is 2.09. The van der Waals surface area contributed by atoms with Gasteiger partial charge in [-0.2, -0.15) is 0 Å². The van der Waals surface area contributed by atoms with Crippen LogP contribution in [0.1, 0.15) is 33.1 Å². The van der Waals surface area contributed by atoms with E-state index >= 15 is 0 Å². The van der Waals surface area contributed by atoms with Gasteiger partial charge in [-0.1, -0.05) is 36.5 Å². The van der Waals surface area contributed by atoms with Crippen molar-refractivity contribution in [3.63, 3.8) is 0 Å². The van der Waals surface area contributed by atoms with Gasteiger partial charge in [0.25, 0.3) is 0 Å². The van der Waals surface area contributed by atoms with Gasteiger partial charge in [-0.15, -0.1) is 0 Å². The monoisotopic (exact) mass is 321 g/mol. The van der Waals surface area contributed by atoms with E-state index in [1.54, 1.807) is 18.2 Å². The second kappa shape index (κ2) is 8.96. The van der Waals surface area contributed by atoms with Gasteiger partial charge in [0.05, 0.1) is 20.7 Å². The Morgan fingerprint density at radius 1 is 1.32 bits per heavy atom. The van der Waals surface area contributed by atoms with Gasteiger partial charge in [0.1, 0.15) is 0 Å². The predicted octanol–water partition coefficient (Wildman–Crippen LogP) is 4.27. The molecule has 1 aromatic carbocycles. The van der Waals surface area contributed by atoms with Crippen molar-refractivity contribution < 1.29 is 4.21 Å². The molecule has 0 heterocycles. The maximum atomic E-state index is 12.1. The van der Waals surface area contributed by atoms with Crippen LogP contribution in [-0.4, -0.2) is 22.5 Å². The lowest BCUT2D eigenvalue weighted by atomic mass is 10.1. The smallest absolute Gasteiger partial charge is 0.0589 e. The number of hydrogen-bond donors (Lipinski definition) is 1. The molecule has 0 spiro atoms. The zero-order valence-corrected chi connectivity index (χ0v) is 13.7. The van der Waals surface area contributed by atoms with E-state index in [4.69, 9.17) is 23.2 Å². The molecule has 0 aliphatic carbocycles. The van der Waals surface area contributed by atoms with E-state index in [0.717, 1.165) is 25.8 Å². The first kappa shape index (κ1) is 17.0. The van der Waals surface area contributed by atoms with Gasteiger partial charge in [-0.3, -0.25) is 4.21 Å². The number of nitrogens with one attached hydrogen (secondary N) is 1. The molecule has 0 aromatic heterocycles. The molecule has 1 N–H and O–H groups in total. The van der Waals surface area contributed by atoms with Crippen molar-refractivity contribution >= 4 is 34.0 Å². The lowest BCUT2D eigenvalue weighted by molar-refractivity contribution is 0.509. The molecule has 2 unspecified atom stereocenters. The molecule has 0 saturated heterocycles. The predicted molar refractivity (Wildman–Crippen MR) is 84.7 cm³/mol. The first-order valence-corrected chi connectivity index (χ1v) is 8.69. The lowest BCUT2D eigenvalue weighted by Crippen LogP contribution is -2.25. The van der Waals surface area contributed by atoms with E-state index in [-0.39, 0.29) is 0 Å². The van der Waals surface area contributed by atoms with E-state index in [9.17, 15) is 4.21 Å². The lowest BCUT2D eigenvalue weighted by Gasteiger charge is -2.11. The van der Waals surface area contributed by atoms with Gasteiger partial charge in [0.2, 0.25) is 0 Å². The zero-order valence-electron chi connectivity index (χ0n) is 11.4. The molecule has 2 nitrogen and oxygen atoms in total. The summed E-state index contributed by atoms with van der Waals surface area (Å²) in [7, 11) is -1.06. The number of benzene rings is 1. The minimum Gasteiger partial charge on any atom is -0.315 e. The molecule has 2 atom stereocenters. The zero-order chi connectivity index (χ0) is 14.3.